The van der Waals surface area contributed by atoms with Gasteiger partial charge in [0.1, 0.15) is 17.4 Å². The van der Waals surface area contributed by atoms with Crippen LogP contribution in [0.5, 0.6) is 0 Å². The Morgan fingerprint density at radius 2 is 1.84 bits per heavy atom. The number of piperidine rings is 1. The van der Waals surface area contributed by atoms with Gasteiger partial charge in [0, 0.05) is 48.2 Å². The molecule has 0 amide bonds. The van der Waals surface area contributed by atoms with E-state index in [-0.39, 0.29) is 5.78 Å². The molecule has 0 unspecified atom stereocenters. The molecule has 32 heavy (non-hydrogen) atoms. The van der Waals surface area contributed by atoms with E-state index in [1.165, 1.54) is 0 Å². The van der Waals surface area contributed by atoms with E-state index >= 15 is 0 Å². The standard InChI is InChI=1S/C25H24ClN5O/c1-17(32)14-18-9-12-30(13-10-18)24-7-2-19(15-28-24)25-29-22-8-11-27-16-23(22)31(25)21-5-3-20(26)4-6-21/h2-8,11,15-16,18H,9-10,12-14H2,1H3. The smallest absolute Gasteiger partial charge is 0.147 e. The van der Waals surface area contributed by atoms with Crippen LogP contribution in [0, 0.1) is 5.92 Å². The quantitative estimate of drug-likeness (QED) is 0.415. The number of imidazole rings is 1. The maximum absolute atomic E-state index is 11.4. The van der Waals surface area contributed by atoms with Crippen molar-refractivity contribution in [1.29, 1.82) is 0 Å². The molecule has 0 atom stereocenters. The molecule has 0 aliphatic carbocycles. The van der Waals surface area contributed by atoms with Crippen LogP contribution in [0.15, 0.2) is 61.1 Å². The number of nitrogens with zero attached hydrogens (tertiary/aromatic N) is 5. The van der Waals surface area contributed by atoms with Crippen molar-refractivity contribution in [2.24, 2.45) is 5.92 Å². The number of halogens is 1. The summed E-state index contributed by atoms with van der Waals surface area (Å²) in [6, 6.07) is 13.8. The van der Waals surface area contributed by atoms with Crippen molar-refractivity contribution in [1.82, 2.24) is 19.5 Å². The fraction of sp³-hybridized carbons (Fsp3) is 0.280. The van der Waals surface area contributed by atoms with Crippen LogP contribution in [0.4, 0.5) is 5.82 Å². The van der Waals surface area contributed by atoms with Crippen molar-refractivity contribution in [3.63, 3.8) is 0 Å². The Hall–Kier alpha value is -3.25. The predicted octanol–water partition coefficient (Wildman–Crippen LogP) is 5.33. The third kappa shape index (κ3) is 4.10. The van der Waals surface area contributed by atoms with Gasteiger partial charge in [0.05, 0.1) is 17.2 Å². The molecule has 4 heterocycles. The van der Waals surface area contributed by atoms with Crippen LogP contribution in [0.2, 0.25) is 5.02 Å². The molecule has 0 saturated carbocycles. The highest BCUT2D eigenvalue weighted by atomic mass is 35.5. The SMILES string of the molecule is CC(=O)CC1CCN(c2ccc(-c3nc4ccncc4n3-c3ccc(Cl)cc3)cn2)CC1. The van der Waals surface area contributed by atoms with E-state index in [9.17, 15) is 4.79 Å². The van der Waals surface area contributed by atoms with E-state index < -0.39 is 0 Å². The number of ketones is 1. The van der Waals surface area contributed by atoms with E-state index in [0.717, 1.165) is 59.9 Å². The first-order chi connectivity index (χ1) is 15.6. The van der Waals surface area contributed by atoms with Gasteiger partial charge in [0.2, 0.25) is 0 Å². The molecule has 1 aromatic carbocycles. The number of hydrogen-bond acceptors (Lipinski definition) is 5. The largest absolute Gasteiger partial charge is 0.357 e. The first kappa shape index (κ1) is 20.6. The molecular formula is C25H24ClN5O. The highest BCUT2D eigenvalue weighted by Gasteiger charge is 2.22. The number of Topliss-reactive ketones (excluding diaryl/α,β-unsaturated/α-hetero) is 1. The van der Waals surface area contributed by atoms with Crippen molar-refractivity contribution in [2.75, 3.05) is 18.0 Å². The number of anilines is 1. The molecule has 7 heteroatoms. The normalized spacial score (nSPS) is 14.8. The first-order valence-corrected chi connectivity index (χ1v) is 11.3. The molecule has 5 rings (SSSR count). The molecule has 1 aliphatic rings. The third-order valence-electron chi connectivity index (χ3n) is 6.06. The molecule has 0 bridgehead atoms. The zero-order chi connectivity index (χ0) is 22.1. The van der Waals surface area contributed by atoms with Gasteiger partial charge in [0.15, 0.2) is 0 Å². The lowest BCUT2D eigenvalue weighted by atomic mass is 9.92. The van der Waals surface area contributed by atoms with Crippen molar-refractivity contribution < 1.29 is 4.79 Å². The molecular weight excluding hydrogens is 422 g/mol. The molecule has 1 saturated heterocycles. The number of hydrogen-bond donors (Lipinski definition) is 0. The molecule has 0 N–H and O–H groups in total. The molecule has 1 fully saturated rings. The van der Waals surface area contributed by atoms with Gasteiger partial charge < -0.3 is 9.69 Å². The molecule has 0 spiro atoms. The Balaban J connectivity index is 1.44. The molecule has 6 nitrogen and oxygen atoms in total. The molecule has 3 aromatic heterocycles. The first-order valence-electron chi connectivity index (χ1n) is 10.9. The molecule has 1 aliphatic heterocycles. The summed E-state index contributed by atoms with van der Waals surface area (Å²) in [5.74, 6) is 2.56. The lowest BCUT2D eigenvalue weighted by molar-refractivity contribution is -0.118. The second-order valence-electron chi connectivity index (χ2n) is 8.35. The van der Waals surface area contributed by atoms with E-state index in [4.69, 9.17) is 21.6 Å². The van der Waals surface area contributed by atoms with Crippen LogP contribution in [0.1, 0.15) is 26.2 Å². The van der Waals surface area contributed by atoms with Gasteiger partial charge in [-0.1, -0.05) is 11.6 Å². The van der Waals surface area contributed by atoms with Crippen molar-refractivity contribution in [2.45, 2.75) is 26.2 Å². The number of rotatable bonds is 5. The second kappa shape index (κ2) is 8.71. The Labute approximate surface area is 191 Å². The second-order valence-corrected chi connectivity index (χ2v) is 8.79. The summed E-state index contributed by atoms with van der Waals surface area (Å²) < 4.78 is 2.09. The molecule has 162 valence electrons. The summed E-state index contributed by atoms with van der Waals surface area (Å²) in [6.45, 7) is 3.54. The van der Waals surface area contributed by atoms with Gasteiger partial charge in [-0.15, -0.1) is 0 Å². The van der Waals surface area contributed by atoms with E-state index in [1.807, 2.05) is 42.7 Å². The van der Waals surface area contributed by atoms with Crippen molar-refractivity contribution in [3.8, 4) is 17.1 Å². The summed E-state index contributed by atoms with van der Waals surface area (Å²) in [5, 5.41) is 0.691. The molecule has 0 radical (unpaired) electrons. The topological polar surface area (TPSA) is 63.9 Å². The van der Waals surface area contributed by atoms with Gasteiger partial charge in [-0.2, -0.15) is 0 Å². The van der Waals surface area contributed by atoms with Gasteiger partial charge in [-0.3, -0.25) is 9.55 Å². The summed E-state index contributed by atoms with van der Waals surface area (Å²) in [4.78, 5) is 27.6. The van der Waals surface area contributed by atoms with Gasteiger partial charge in [-0.05, 0) is 68.1 Å². The summed E-state index contributed by atoms with van der Waals surface area (Å²) in [6.07, 6.45) is 8.22. The lowest BCUT2D eigenvalue weighted by Crippen LogP contribution is -2.34. The van der Waals surface area contributed by atoms with Gasteiger partial charge in [-0.25, -0.2) is 9.97 Å². The van der Waals surface area contributed by atoms with Crippen LogP contribution in [0.3, 0.4) is 0 Å². The minimum absolute atomic E-state index is 0.282. The van der Waals surface area contributed by atoms with E-state index in [0.29, 0.717) is 17.4 Å². The monoisotopic (exact) mass is 445 g/mol. The van der Waals surface area contributed by atoms with Crippen LogP contribution in [-0.2, 0) is 4.79 Å². The zero-order valence-corrected chi connectivity index (χ0v) is 18.7. The number of pyridine rings is 2. The average molecular weight is 446 g/mol. The van der Waals surface area contributed by atoms with Gasteiger partial charge >= 0.3 is 0 Å². The number of benzene rings is 1. The van der Waals surface area contributed by atoms with E-state index in [2.05, 4.69) is 26.6 Å². The Morgan fingerprint density at radius 3 is 2.53 bits per heavy atom. The van der Waals surface area contributed by atoms with Crippen LogP contribution >= 0.6 is 11.6 Å². The summed E-state index contributed by atoms with van der Waals surface area (Å²) >= 11 is 6.10. The maximum Gasteiger partial charge on any atom is 0.147 e. The maximum atomic E-state index is 11.4. The summed E-state index contributed by atoms with van der Waals surface area (Å²) in [5.41, 5.74) is 3.71. The molecule has 4 aromatic rings. The van der Waals surface area contributed by atoms with Crippen LogP contribution < -0.4 is 4.90 Å². The summed E-state index contributed by atoms with van der Waals surface area (Å²) in [7, 11) is 0. The lowest BCUT2D eigenvalue weighted by Gasteiger charge is -2.32. The predicted molar refractivity (Wildman–Crippen MR) is 127 cm³/mol. The highest BCUT2D eigenvalue weighted by Crippen LogP contribution is 2.30. The number of carbonyl (C=O) groups excluding carboxylic acids is 1. The Morgan fingerprint density at radius 1 is 1.06 bits per heavy atom. The van der Waals surface area contributed by atoms with E-state index in [1.54, 1.807) is 13.1 Å². The number of fused-ring (bicyclic) bond motifs is 1. The van der Waals surface area contributed by atoms with Crippen molar-refractivity contribution >= 4 is 34.2 Å². The fourth-order valence-corrected chi connectivity index (χ4v) is 4.57. The fourth-order valence-electron chi connectivity index (χ4n) is 4.45. The van der Waals surface area contributed by atoms with Crippen LogP contribution in [-0.4, -0.2) is 38.4 Å². The number of aromatic nitrogens is 4. The van der Waals surface area contributed by atoms with Crippen LogP contribution in [0.25, 0.3) is 28.1 Å². The van der Waals surface area contributed by atoms with Crippen molar-refractivity contribution in [3.05, 3.63) is 66.1 Å². The Bertz CT molecular complexity index is 1240. The highest BCUT2D eigenvalue weighted by molar-refractivity contribution is 6.30. The Kier molecular flexibility index (Phi) is 5.62. The minimum atomic E-state index is 0.282. The average Bonchev–Trinajstić information content (AvgIpc) is 3.19. The number of carbonyl (C=O) groups is 1. The zero-order valence-electron chi connectivity index (χ0n) is 17.9. The van der Waals surface area contributed by atoms with Gasteiger partial charge in [0.25, 0.3) is 0 Å². The minimum Gasteiger partial charge on any atom is -0.357 e. The third-order valence-corrected chi connectivity index (χ3v) is 6.31.